The van der Waals surface area contributed by atoms with Crippen molar-refractivity contribution in [1.29, 1.82) is 0 Å². The van der Waals surface area contributed by atoms with Gasteiger partial charge in [-0.2, -0.15) is 0 Å². The van der Waals surface area contributed by atoms with Crippen LogP contribution < -0.4 is 5.32 Å². The Morgan fingerprint density at radius 3 is 2.60 bits per heavy atom. The summed E-state index contributed by atoms with van der Waals surface area (Å²) in [6, 6.07) is 5.85. The highest BCUT2D eigenvalue weighted by molar-refractivity contribution is 9.10. The Bertz CT molecular complexity index is 331. The van der Waals surface area contributed by atoms with Gasteiger partial charge in [0.1, 0.15) is 0 Å². The van der Waals surface area contributed by atoms with Crippen LogP contribution in [0.1, 0.15) is 27.2 Å². The zero-order chi connectivity index (χ0) is 11.5. The van der Waals surface area contributed by atoms with Gasteiger partial charge < -0.3 is 5.32 Å². The Morgan fingerprint density at radius 2 is 2.00 bits per heavy atom. The van der Waals surface area contributed by atoms with Crippen molar-refractivity contribution in [2.45, 2.75) is 27.2 Å². The van der Waals surface area contributed by atoms with Crippen LogP contribution in [0.4, 0.5) is 5.69 Å². The minimum Gasteiger partial charge on any atom is -0.384 e. The van der Waals surface area contributed by atoms with Crippen LogP contribution in [0, 0.1) is 5.41 Å². The van der Waals surface area contributed by atoms with Crippen molar-refractivity contribution in [3.05, 3.63) is 27.7 Å². The molecule has 3 heteroatoms. The maximum Gasteiger partial charge on any atom is 0.0593 e. The van der Waals surface area contributed by atoms with Gasteiger partial charge in [0.2, 0.25) is 0 Å². The first-order chi connectivity index (χ1) is 6.90. The summed E-state index contributed by atoms with van der Waals surface area (Å²) in [7, 11) is 0. The number of hydrogen-bond acceptors (Lipinski definition) is 1. The smallest absolute Gasteiger partial charge is 0.0593 e. The summed E-state index contributed by atoms with van der Waals surface area (Å²) in [5, 5.41) is 4.13. The maximum atomic E-state index is 6.00. The van der Waals surface area contributed by atoms with Crippen LogP contribution in [0.5, 0.6) is 0 Å². The highest BCUT2D eigenvalue weighted by Gasteiger charge is 2.10. The second-order valence-corrected chi connectivity index (χ2v) is 6.04. The first kappa shape index (κ1) is 12.9. The van der Waals surface area contributed by atoms with Crippen LogP contribution in [0.2, 0.25) is 5.02 Å². The lowest BCUT2D eigenvalue weighted by Gasteiger charge is -2.19. The number of halogens is 2. The fraction of sp³-hybridized carbons (Fsp3) is 0.500. The first-order valence-electron chi connectivity index (χ1n) is 5.08. The van der Waals surface area contributed by atoms with Crippen molar-refractivity contribution in [3.8, 4) is 0 Å². The summed E-state index contributed by atoms with van der Waals surface area (Å²) in [4.78, 5) is 0. The van der Waals surface area contributed by atoms with Crippen LogP contribution in [0.25, 0.3) is 0 Å². The number of anilines is 1. The number of hydrogen-bond donors (Lipinski definition) is 1. The molecule has 0 unspecified atom stereocenters. The molecule has 1 rings (SSSR count). The SMILES string of the molecule is CC(C)(C)CCNc1cccc(Cl)c1Br. The molecule has 0 amide bonds. The molecule has 0 spiro atoms. The first-order valence-corrected chi connectivity index (χ1v) is 6.25. The third kappa shape index (κ3) is 4.43. The van der Waals surface area contributed by atoms with Crippen LogP contribution in [-0.4, -0.2) is 6.54 Å². The molecular weight excluding hydrogens is 273 g/mol. The van der Waals surface area contributed by atoms with Crippen LogP contribution in [-0.2, 0) is 0 Å². The van der Waals surface area contributed by atoms with Crippen molar-refractivity contribution in [2.24, 2.45) is 5.41 Å². The molecule has 0 atom stereocenters. The van der Waals surface area contributed by atoms with Gasteiger partial charge in [-0.15, -0.1) is 0 Å². The van der Waals surface area contributed by atoms with E-state index >= 15 is 0 Å². The van der Waals surface area contributed by atoms with Gasteiger partial charge >= 0.3 is 0 Å². The average molecular weight is 291 g/mol. The molecule has 1 aromatic carbocycles. The fourth-order valence-electron chi connectivity index (χ4n) is 1.21. The van der Waals surface area contributed by atoms with Gasteiger partial charge in [0.15, 0.2) is 0 Å². The molecule has 0 fully saturated rings. The lowest BCUT2D eigenvalue weighted by Crippen LogP contribution is -2.13. The van der Waals surface area contributed by atoms with Crippen LogP contribution in [0.15, 0.2) is 22.7 Å². The second-order valence-electron chi connectivity index (χ2n) is 4.84. The standard InChI is InChI=1S/C12H17BrClN/c1-12(2,3)7-8-15-10-6-4-5-9(14)11(10)13/h4-6,15H,7-8H2,1-3H3. The molecule has 0 saturated carbocycles. The number of nitrogens with one attached hydrogen (secondary N) is 1. The summed E-state index contributed by atoms with van der Waals surface area (Å²) in [5.74, 6) is 0. The van der Waals surface area contributed by atoms with Gasteiger partial charge in [-0.05, 0) is 39.9 Å². The molecule has 1 nitrogen and oxygen atoms in total. The van der Waals surface area contributed by atoms with E-state index in [1.165, 1.54) is 0 Å². The molecule has 0 aromatic heterocycles. The molecule has 0 heterocycles. The summed E-state index contributed by atoms with van der Waals surface area (Å²) in [6.45, 7) is 7.67. The Morgan fingerprint density at radius 1 is 1.33 bits per heavy atom. The maximum absolute atomic E-state index is 6.00. The van der Waals surface area contributed by atoms with E-state index in [0.29, 0.717) is 5.41 Å². The lowest BCUT2D eigenvalue weighted by molar-refractivity contribution is 0.390. The van der Waals surface area contributed by atoms with E-state index in [1.54, 1.807) is 0 Å². The zero-order valence-electron chi connectivity index (χ0n) is 9.40. The van der Waals surface area contributed by atoms with E-state index < -0.39 is 0 Å². The molecule has 0 aliphatic rings. The van der Waals surface area contributed by atoms with Gasteiger partial charge in [-0.3, -0.25) is 0 Å². The summed E-state index contributed by atoms with van der Waals surface area (Å²) in [6.07, 6.45) is 1.13. The van der Waals surface area contributed by atoms with E-state index in [9.17, 15) is 0 Å². The van der Waals surface area contributed by atoms with E-state index in [0.717, 1.165) is 28.1 Å². The number of benzene rings is 1. The molecule has 0 aliphatic heterocycles. The van der Waals surface area contributed by atoms with Gasteiger partial charge in [0.05, 0.1) is 9.50 Å². The molecule has 1 aromatic rings. The molecule has 0 bridgehead atoms. The third-order valence-corrected chi connectivity index (χ3v) is 3.54. The zero-order valence-corrected chi connectivity index (χ0v) is 11.7. The normalized spacial score (nSPS) is 11.5. The lowest BCUT2D eigenvalue weighted by atomic mass is 9.92. The van der Waals surface area contributed by atoms with Crippen molar-refractivity contribution >= 4 is 33.2 Å². The second kappa shape index (κ2) is 5.22. The predicted octanol–water partition coefficient (Wildman–Crippen LogP) is 4.95. The van der Waals surface area contributed by atoms with E-state index in [-0.39, 0.29) is 0 Å². The molecule has 84 valence electrons. The quantitative estimate of drug-likeness (QED) is 0.830. The van der Waals surface area contributed by atoms with Gasteiger partial charge in [-0.1, -0.05) is 38.4 Å². The Labute approximate surface area is 105 Å². The van der Waals surface area contributed by atoms with Crippen LogP contribution >= 0.6 is 27.5 Å². The van der Waals surface area contributed by atoms with Gasteiger partial charge in [-0.25, -0.2) is 0 Å². The van der Waals surface area contributed by atoms with Crippen molar-refractivity contribution in [1.82, 2.24) is 0 Å². The molecule has 0 aliphatic carbocycles. The summed E-state index contributed by atoms with van der Waals surface area (Å²) < 4.78 is 0.945. The number of rotatable bonds is 3. The van der Waals surface area contributed by atoms with Crippen LogP contribution in [0.3, 0.4) is 0 Å². The fourth-order valence-corrected chi connectivity index (χ4v) is 1.79. The highest BCUT2D eigenvalue weighted by atomic mass is 79.9. The third-order valence-electron chi connectivity index (χ3n) is 2.14. The average Bonchev–Trinajstić information content (AvgIpc) is 2.10. The summed E-state index contributed by atoms with van der Waals surface area (Å²) >= 11 is 9.46. The minimum absolute atomic E-state index is 0.359. The predicted molar refractivity (Wildman–Crippen MR) is 71.7 cm³/mol. The Kier molecular flexibility index (Phi) is 4.47. The molecule has 1 N–H and O–H groups in total. The summed E-state index contributed by atoms with van der Waals surface area (Å²) in [5.41, 5.74) is 1.42. The highest BCUT2D eigenvalue weighted by Crippen LogP contribution is 2.30. The molecular formula is C12H17BrClN. The Balaban J connectivity index is 2.55. The van der Waals surface area contributed by atoms with E-state index in [2.05, 4.69) is 42.0 Å². The molecule has 15 heavy (non-hydrogen) atoms. The van der Waals surface area contributed by atoms with Crippen molar-refractivity contribution in [3.63, 3.8) is 0 Å². The van der Waals surface area contributed by atoms with E-state index in [4.69, 9.17) is 11.6 Å². The van der Waals surface area contributed by atoms with Gasteiger partial charge in [0, 0.05) is 12.2 Å². The topological polar surface area (TPSA) is 12.0 Å². The van der Waals surface area contributed by atoms with Crippen molar-refractivity contribution < 1.29 is 0 Å². The monoisotopic (exact) mass is 289 g/mol. The molecule has 0 saturated heterocycles. The van der Waals surface area contributed by atoms with E-state index in [1.807, 2.05) is 18.2 Å². The van der Waals surface area contributed by atoms with Gasteiger partial charge in [0.25, 0.3) is 0 Å². The minimum atomic E-state index is 0.359. The Hall–Kier alpha value is -0.210. The molecule has 0 radical (unpaired) electrons. The largest absolute Gasteiger partial charge is 0.384 e. The van der Waals surface area contributed by atoms with Crippen molar-refractivity contribution in [2.75, 3.05) is 11.9 Å².